The molecule has 0 aromatic heterocycles. The molecule has 0 aliphatic carbocycles. The Hall–Kier alpha value is -3.32. The van der Waals surface area contributed by atoms with Crippen LogP contribution in [0.25, 0.3) is 0 Å². The lowest BCUT2D eigenvalue weighted by molar-refractivity contribution is 0.0931. The van der Waals surface area contributed by atoms with Gasteiger partial charge in [0.1, 0.15) is 5.75 Å². The van der Waals surface area contributed by atoms with Crippen molar-refractivity contribution >= 4 is 21.6 Å². The molecule has 0 saturated heterocycles. The molecule has 6 nitrogen and oxygen atoms in total. The molecule has 0 spiro atoms. The molecular formula is C26H30N2O4S. The van der Waals surface area contributed by atoms with E-state index in [0.717, 1.165) is 17.7 Å². The van der Waals surface area contributed by atoms with Gasteiger partial charge in [0, 0.05) is 5.56 Å². The predicted molar refractivity (Wildman–Crippen MR) is 131 cm³/mol. The van der Waals surface area contributed by atoms with Crippen molar-refractivity contribution in [2.24, 2.45) is 5.92 Å². The normalized spacial score (nSPS) is 12.3. The van der Waals surface area contributed by atoms with Crippen molar-refractivity contribution in [1.82, 2.24) is 5.32 Å². The molecule has 0 unspecified atom stereocenters. The Morgan fingerprint density at radius 3 is 2.21 bits per heavy atom. The number of hydrogen-bond acceptors (Lipinski definition) is 4. The monoisotopic (exact) mass is 466 g/mol. The first kappa shape index (κ1) is 24.3. The van der Waals surface area contributed by atoms with Crippen LogP contribution in [0.2, 0.25) is 0 Å². The van der Waals surface area contributed by atoms with Crippen molar-refractivity contribution in [3.05, 3.63) is 89.5 Å². The van der Waals surface area contributed by atoms with Crippen LogP contribution in [0.5, 0.6) is 5.75 Å². The Bertz CT molecular complexity index is 1190. The van der Waals surface area contributed by atoms with Gasteiger partial charge in [-0.25, -0.2) is 8.42 Å². The van der Waals surface area contributed by atoms with Gasteiger partial charge in [0.2, 0.25) is 0 Å². The predicted octanol–water partition coefficient (Wildman–Crippen LogP) is 5.32. The molecular weight excluding hydrogens is 436 g/mol. The van der Waals surface area contributed by atoms with E-state index in [1.54, 1.807) is 50.4 Å². The van der Waals surface area contributed by atoms with E-state index in [1.807, 2.05) is 24.3 Å². The van der Waals surface area contributed by atoms with Crippen molar-refractivity contribution in [2.75, 3.05) is 11.8 Å². The molecule has 3 aromatic rings. The second-order valence-electron chi connectivity index (χ2n) is 8.33. The fourth-order valence-corrected chi connectivity index (χ4v) is 4.76. The van der Waals surface area contributed by atoms with Gasteiger partial charge in [-0.15, -0.1) is 0 Å². The van der Waals surface area contributed by atoms with Gasteiger partial charge in [-0.05, 0) is 66.8 Å². The topological polar surface area (TPSA) is 84.5 Å². The Morgan fingerprint density at radius 1 is 0.939 bits per heavy atom. The molecule has 3 rings (SSSR count). The molecule has 0 saturated carbocycles. The Morgan fingerprint density at radius 2 is 1.61 bits per heavy atom. The number of carbonyl (C=O) groups excluding carboxylic acids is 1. The number of amides is 1. The number of ether oxygens (including phenoxy) is 1. The van der Waals surface area contributed by atoms with Gasteiger partial charge in [-0.3, -0.25) is 9.52 Å². The maximum atomic E-state index is 13.2. The largest absolute Gasteiger partial charge is 0.497 e. The second-order valence-corrected chi connectivity index (χ2v) is 10.0. The van der Waals surface area contributed by atoms with Crippen LogP contribution in [0.1, 0.15) is 47.8 Å². The molecule has 0 heterocycles. The Kier molecular flexibility index (Phi) is 7.76. The number of anilines is 1. The first-order valence-electron chi connectivity index (χ1n) is 10.8. The quantitative estimate of drug-likeness (QED) is 0.447. The molecule has 2 N–H and O–H groups in total. The van der Waals surface area contributed by atoms with Gasteiger partial charge < -0.3 is 10.1 Å². The molecule has 0 bridgehead atoms. The summed E-state index contributed by atoms with van der Waals surface area (Å²) in [6, 6.07) is 20.6. The van der Waals surface area contributed by atoms with E-state index in [-0.39, 0.29) is 16.8 Å². The minimum Gasteiger partial charge on any atom is -0.497 e. The summed E-state index contributed by atoms with van der Waals surface area (Å²) in [6.07, 6.45) is 0.761. The van der Waals surface area contributed by atoms with Crippen LogP contribution in [0.15, 0.2) is 77.7 Å². The highest BCUT2D eigenvalue weighted by atomic mass is 32.2. The van der Waals surface area contributed by atoms with Gasteiger partial charge in [-0.2, -0.15) is 0 Å². The Labute approximate surface area is 196 Å². The highest BCUT2D eigenvalue weighted by Crippen LogP contribution is 2.26. The molecule has 7 heteroatoms. The second kappa shape index (κ2) is 10.5. The first-order chi connectivity index (χ1) is 15.7. The summed E-state index contributed by atoms with van der Waals surface area (Å²) in [6.45, 7) is 5.95. The Balaban J connectivity index is 1.85. The van der Waals surface area contributed by atoms with Crippen molar-refractivity contribution in [2.45, 2.75) is 38.1 Å². The van der Waals surface area contributed by atoms with Gasteiger partial charge in [0.25, 0.3) is 15.9 Å². The average molecular weight is 467 g/mol. The highest BCUT2D eigenvalue weighted by Gasteiger charge is 2.21. The summed E-state index contributed by atoms with van der Waals surface area (Å²) in [7, 11) is -2.15. The number of rotatable bonds is 9. The summed E-state index contributed by atoms with van der Waals surface area (Å²) >= 11 is 0. The summed E-state index contributed by atoms with van der Waals surface area (Å²) < 4.78 is 33.3. The molecule has 1 amide bonds. The van der Waals surface area contributed by atoms with E-state index in [1.165, 1.54) is 12.1 Å². The third-order valence-electron chi connectivity index (χ3n) is 5.41. The van der Waals surface area contributed by atoms with Crippen LogP contribution < -0.4 is 14.8 Å². The molecule has 33 heavy (non-hydrogen) atoms. The van der Waals surface area contributed by atoms with Gasteiger partial charge in [0.15, 0.2) is 0 Å². The third kappa shape index (κ3) is 6.14. The smallest absolute Gasteiger partial charge is 0.261 e. The summed E-state index contributed by atoms with van der Waals surface area (Å²) in [4.78, 5) is 13.4. The molecule has 1 atom stereocenters. The summed E-state index contributed by atoms with van der Waals surface area (Å²) in [5, 5.41) is 3.12. The molecule has 0 radical (unpaired) electrons. The van der Waals surface area contributed by atoms with E-state index >= 15 is 0 Å². The number of carbonyl (C=O) groups is 1. The van der Waals surface area contributed by atoms with Crippen LogP contribution in [-0.2, 0) is 10.0 Å². The first-order valence-corrected chi connectivity index (χ1v) is 12.3. The van der Waals surface area contributed by atoms with E-state index < -0.39 is 10.0 Å². The molecule has 3 aromatic carbocycles. The van der Waals surface area contributed by atoms with Crippen LogP contribution >= 0.6 is 0 Å². The standard InChI is InChI=1S/C26H30N2O4S/c1-18(2)17-25(20-13-15-21(32-4)16-14-20)27-26(29)23-11-8-12-24(19(23)3)28-33(30,31)22-9-6-5-7-10-22/h5-16,18,25,28H,17H2,1-4H3,(H,27,29)/t25-/m1/s1. The zero-order valence-electron chi connectivity index (χ0n) is 19.3. The lowest BCUT2D eigenvalue weighted by atomic mass is 9.96. The van der Waals surface area contributed by atoms with Crippen LogP contribution in [-0.4, -0.2) is 21.4 Å². The van der Waals surface area contributed by atoms with E-state index in [0.29, 0.717) is 22.7 Å². The van der Waals surface area contributed by atoms with Gasteiger partial charge in [0.05, 0.1) is 23.7 Å². The summed E-state index contributed by atoms with van der Waals surface area (Å²) in [5.41, 5.74) is 2.34. The zero-order valence-corrected chi connectivity index (χ0v) is 20.1. The van der Waals surface area contributed by atoms with Crippen molar-refractivity contribution in [1.29, 1.82) is 0 Å². The van der Waals surface area contributed by atoms with Crippen LogP contribution in [0, 0.1) is 12.8 Å². The minimum atomic E-state index is -3.76. The minimum absolute atomic E-state index is 0.163. The van der Waals surface area contributed by atoms with Gasteiger partial charge in [-0.1, -0.05) is 50.2 Å². The number of methoxy groups -OCH3 is 1. The molecule has 174 valence electrons. The lowest BCUT2D eigenvalue weighted by Gasteiger charge is -2.22. The van der Waals surface area contributed by atoms with E-state index in [4.69, 9.17) is 4.74 Å². The number of nitrogens with one attached hydrogen (secondary N) is 2. The fraction of sp³-hybridized carbons (Fsp3) is 0.269. The fourth-order valence-electron chi connectivity index (χ4n) is 3.62. The van der Waals surface area contributed by atoms with Crippen LogP contribution in [0.3, 0.4) is 0 Å². The number of hydrogen-bond donors (Lipinski definition) is 2. The molecule has 0 aliphatic heterocycles. The van der Waals surface area contributed by atoms with Crippen molar-refractivity contribution < 1.29 is 17.9 Å². The lowest BCUT2D eigenvalue weighted by Crippen LogP contribution is -2.30. The van der Waals surface area contributed by atoms with Gasteiger partial charge >= 0.3 is 0 Å². The molecule has 0 fully saturated rings. The number of sulfonamides is 1. The summed E-state index contributed by atoms with van der Waals surface area (Å²) in [5.74, 6) is 0.861. The maximum absolute atomic E-state index is 13.2. The van der Waals surface area contributed by atoms with E-state index in [9.17, 15) is 13.2 Å². The average Bonchev–Trinajstić information content (AvgIpc) is 2.80. The molecule has 0 aliphatic rings. The maximum Gasteiger partial charge on any atom is 0.261 e. The van der Waals surface area contributed by atoms with Crippen molar-refractivity contribution in [3.63, 3.8) is 0 Å². The zero-order chi connectivity index (χ0) is 24.0. The van der Waals surface area contributed by atoms with E-state index in [2.05, 4.69) is 23.9 Å². The number of benzene rings is 3. The third-order valence-corrected chi connectivity index (χ3v) is 6.79. The SMILES string of the molecule is COc1ccc([C@@H](CC(C)C)NC(=O)c2cccc(NS(=O)(=O)c3ccccc3)c2C)cc1. The van der Waals surface area contributed by atoms with Crippen LogP contribution in [0.4, 0.5) is 5.69 Å². The van der Waals surface area contributed by atoms with Crippen molar-refractivity contribution in [3.8, 4) is 5.75 Å². The highest BCUT2D eigenvalue weighted by molar-refractivity contribution is 7.92.